The molecule has 1 aliphatic rings. The van der Waals surface area contributed by atoms with Crippen molar-refractivity contribution in [2.24, 2.45) is 0 Å². The lowest BCUT2D eigenvalue weighted by Gasteiger charge is -2.12. The van der Waals surface area contributed by atoms with E-state index in [0.717, 1.165) is 5.92 Å². The molecule has 0 radical (unpaired) electrons. The molecule has 14 heavy (non-hydrogen) atoms. The summed E-state index contributed by atoms with van der Waals surface area (Å²) in [5, 5.41) is 0. The number of benzene rings is 1. The van der Waals surface area contributed by atoms with Crippen LogP contribution in [0.15, 0.2) is 24.3 Å². The van der Waals surface area contributed by atoms with Crippen molar-refractivity contribution in [1.29, 1.82) is 0 Å². The molecule has 0 heteroatoms. The van der Waals surface area contributed by atoms with Crippen LogP contribution in [0, 0.1) is 0 Å². The fourth-order valence-electron chi connectivity index (χ4n) is 2.43. The maximum Gasteiger partial charge on any atom is -0.0162 e. The second-order valence-corrected chi connectivity index (χ2v) is 4.81. The molecule has 0 atom stereocenters. The quantitative estimate of drug-likeness (QED) is 0.642. The molecule has 1 saturated carbocycles. The van der Waals surface area contributed by atoms with Gasteiger partial charge in [-0.15, -0.1) is 0 Å². The highest BCUT2D eigenvalue weighted by atomic mass is 14.2. The Balaban J connectivity index is 2.21. The van der Waals surface area contributed by atoms with Crippen molar-refractivity contribution in [3.8, 4) is 0 Å². The van der Waals surface area contributed by atoms with Crippen LogP contribution in [0.3, 0.4) is 0 Å². The molecule has 0 heterocycles. The number of hydrogen-bond acceptors (Lipinski definition) is 0. The van der Waals surface area contributed by atoms with Gasteiger partial charge in [0.25, 0.3) is 0 Å². The predicted molar refractivity (Wildman–Crippen MR) is 61.7 cm³/mol. The Labute approximate surface area is 87.3 Å². The normalized spacial score (nSPS) is 17.9. The molecule has 0 bridgehead atoms. The third kappa shape index (κ3) is 2.00. The number of rotatable bonds is 2. The SMILES string of the molecule is CC(C)c1cccc(C2CCCC2)c1. The van der Waals surface area contributed by atoms with Crippen LogP contribution < -0.4 is 0 Å². The Hall–Kier alpha value is -0.780. The number of hydrogen-bond donors (Lipinski definition) is 0. The van der Waals surface area contributed by atoms with Crippen LogP contribution in [-0.2, 0) is 0 Å². The van der Waals surface area contributed by atoms with Crippen LogP contribution in [0.25, 0.3) is 0 Å². The summed E-state index contributed by atoms with van der Waals surface area (Å²) in [6.45, 7) is 4.54. The van der Waals surface area contributed by atoms with E-state index in [1.807, 2.05) is 0 Å². The molecule has 1 aliphatic carbocycles. The summed E-state index contributed by atoms with van der Waals surface area (Å²) in [6, 6.07) is 9.20. The molecule has 1 fully saturated rings. The van der Waals surface area contributed by atoms with Crippen molar-refractivity contribution in [3.63, 3.8) is 0 Å². The van der Waals surface area contributed by atoms with E-state index < -0.39 is 0 Å². The zero-order valence-electron chi connectivity index (χ0n) is 9.29. The van der Waals surface area contributed by atoms with E-state index >= 15 is 0 Å². The first-order valence-corrected chi connectivity index (χ1v) is 5.87. The summed E-state index contributed by atoms with van der Waals surface area (Å²) in [5.41, 5.74) is 3.07. The highest BCUT2D eigenvalue weighted by molar-refractivity contribution is 5.28. The zero-order valence-corrected chi connectivity index (χ0v) is 9.29. The van der Waals surface area contributed by atoms with Gasteiger partial charge >= 0.3 is 0 Å². The second-order valence-electron chi connectivity index (χ2n) is 4.81. The summed E-state index contributed by atoms with van der Waals surface area (Å²) in [7, 11) is 0. The summed E-state index contributed by atoms with van der Waals surface area (Å²) < 4.78 is 0. The highest BCUT2D eigenvalue weighted by Gasteiger charge is 2.17. The summed E-state index contributed by atoms with van der Waals surface area (Å²) in [6.07, 6.45) is 5.66. The predicted octanol–water partition coefficient (Wildman–Crippen LogP) is 4.47. The van der Waals surface area contributed by atoms with Gasteiger partial charge in [-0.05, 0) is 35.8 Å². The molecule has 0 aliphatic heterocycles. The first-order chi connectivity index (χ1) is 6.77. The van der Waals surface area contributed by atoms with Gasteiger partial charge in [0.15, 0.2) is 0 Å². The van der Waals surface area contributed by atoms with Crippen molar-refractivity contribution in [3.05, 3.63) is 35.4 Å². The average molecular weight is 188 g/mol. The third-order valence-corrected chi connectivity index (χ3v) is 3.40. The molecule has 0 N–H and O–H groups in total. The van der Waals surface area contributed by atoms with E-state index in [2.05, 4.69) is 38.1 Å². The second kappa shape index (κ2) is 4.16. The van der Waals surface area contributed by atoms with E-state index in [1.54, 1.807) is 5.56 Å². The first kappa shape index (κ1) is 9.76. The van der Waals surface area contributed by atoms with E-state index in [4.69, 9.17) is 0 Å². The fraction of sp³-hybridized carbons (Fsp3) is 0.571. The van der Waals surface area contributed by atoms with Crippen LogP contribution in [0.5, 0.6) is 0 Å². The van der Waals surface area contributed by atoms with Crippen molar-refractivity contribution >= 4 is 0 Å². The van der Waals surface area contributed by atoms with Crippen LogP contribution in [0.1, 0.15) is 62.5 Å². The maximum atomic E-state index is 2.42. The van der Waals surface area contributed by atoms with Crippen LogP contribution >= 0.6 is 0 Å². The molecule has 0 unspecified atom stereocenters. The minimum Gasteiger partial charge on any atom is -0.0617 e. The minimum absolute atomic E-state index is 0.663. The molecule has 0 spiro atoms. The molecule has 0 nitrogen and oxygen atoms in total. The smallest absolute Gasteiger partial charge is 0.0162 e. The molecule has 0 aromatic heterocycles. The zero-order chi connectivity index (χ0) is 9.97. The van der Waals surface area contributed by atoms with Crippen molar-refractivity contribution in [2.45, 2.75) is 51.4 Å². The molecular weight excluding hydrogens is 168 g/mol. The maximum absolute atomic E-state index is 2.42. The monoisotopic (exact) mass is 188 g/mol. The Morgan fingerprint density at radius 3 is 2.50 bits per heavy atom. The van der Waals surface area contributed by atoms with Gasteiger partial charge in [0.05, 0.1) is 0 Å². The van der Waals surface area contributed by atoms with Crippen LogP contribution in [-0.4, -0.2) is 0 Å². The van der Waals surface area contributed by atoms with Gasteiger partial charge in [-0.25, -0.2) is 0 Å². The Kier molecular flexibility index (Phi) is 2.90. The van der Waals surface area contributed by atoms with Gasteiger partial charge < -0.3 is 0 Å². The van der Waals surface area contributed by atoms with Gasteiger partial charge in [-0.1, -0.05) is 51.0 Å². The fourth-order valence-corrected chi connectivity index (χ4v) is 2.43. The van der Waals surface area contributed by atoms with E-state index in [1.165, 1.54) is 31.2 Å². The molecule has 1 aromatic rings. The molecule has 76 valence electrons. The van der Waals surface area contributed by atoms with Crippen LogP contribution in [0.4, 0.5) is 0 Å². The van der Waals surface area contributed by atoms with Crippen molar-refractivity contribution in [1.82, 2.24) is 0 Å². The standard InChI is InChI=1S/C14H20/c1-11(2)13-8-5-9-14(10-13)12-6-3-4-7-12/h5,8-12H,3-4,6-7H2,1-2H3. The Morgan fingerprint density at radius 2 is 1.86 bits per heavy atom. The first-order valence-electron chi connectivity index (χ1n) is 5.87. The Morgan fingerprint density at radius 1 is 1.14 bits per heavy atom. The average Bonchev–Trinajstić information content (AvgIpc) is 2.71. The van der Waals surface area contributed by atoms with E-state index in [9.17, 15) is 0 Å². The van der Waals surface area contributed by atoms with Gasteiger partial charge in [-0.2, -0.15) is 0 Å². The third-order valence-electron chi connectivity index (χ3n) is 3.40. The van der Waals surface area contributed by atoms with Crippen LogP contribution in [0.2, 0.25) is 0 Å². The van der Waals surface area contributed by atoms with Crippen molar-refractivity contribution in [2.75, 3.05) is 0 Å². The van der Waals surface area contributed by atoms with E-state index in [-0.39, 0.29) is 0 Å². The van der Waals surface area contributed by atoms with Gasteiger partial charge in [-0.3, -0.25) is 0 Å². The topological polar surface area (TPSA) is 0 Å². The van der Waals surface area contributed by atoms with Gasteiger partial charge in [0.2, 0.25) is 0 Å². The lowest BCUT2D eigenvalue weighted by atomic mass is 9.93. The lowest BCUT2D eigenvalue weighted by molar-refractivity contribution is 0.719. The summed E-state index contributed by atoms with van der Waals surface area (Å²) in [5.74, 6) is 1.52. The Bertz CT molecular complexity index is 293. The summed E-state index contributed by atoms with van der Waals surface area (Å²) >= 11 is 0. The minimum atomic E-state index is 0.663. The molecular formula is C14H20. The summed E-state index contributed by atoms with van der Waals surface area (Å²) in [4.78, 5) is 0. The molecule has 0 saturated heterocycles. The highest BCUT2D eigenvalue weighted by Crippen LogP contribution is 2.34. The van der Waals surface area contributed by atoms with E-state index in [0.29, 0.717) is 5.92 Å². The largest absolute Gasteiger partial charge is 0.0617 e. The van der Waals surface area contributed by atoms with Crippen molar-refractivity contribution < 1.29 is 0 Å². The molecule has 0 amide bonds. The molecule has 1 aromatic carbocycles. The lowest BCUT2D eigenvalue weighted by Crippen LogP contribution is -1.95. The van der Waals surface area contributed by atoms with Gasteiger partial charge in [0.1, 0.15) is 0 Å². The molecule has 2 rings (SSSR count). The van der Waals surface area contributed by atoms with Gasteiger partial charge in [0, 0.05) is 0 Å².